The molecule has 1 aromatic heterocycles. The second-order valence-electron chi connectivity index (χ2n) is 5.37. The Morgan fingerprint density at radius 2 is 2.05 bits per heavy atom. The third-order valence-corrected chi connectivity index (χ3v) is 3.90. The molecule has 19 heavy (non-hydrogen) atoms. The number of rotatable bonds is 5. The van der Waals surface area contributed by atoms with Crippen molar-refractivity contribution in [3.63, 3.8) is 0 Å². The van der Waals surface area contributed by atoms with Crippen molar-refractivity contribution in [3.05, 3.63) is 11.9 Å². The van der Waals surface area contributed by atoms with Crippen molar-refractivity contribution in [2.24, 2.45) is 5.92 Å². The minimum Gasteiger partial charge on any atom is -0.376 e. The lowest BCUT2D eigenvalue weighted by molar-refractivity contribution is 0.0898. The minimum atomic E-state index is 0.373. The summed E-state index contributed by atoms with van der Waals surface area (Å²) in [6.07, 6.45) is 4.92. The largest absolute Gasteiger partial charge is 0.376 e. The van der Waals surface area contributed by atoms with E-state index in [1.807, 2.05) is 13.1 Å². The fraction of sp³-hybridized carbons (Fsp3) is 0.714. The van der Waals surface area contributed by atoms with Crippen molar-refractivity contribution in [1.29, 1.82) is 0 Å². The summed E-state index contributed by atoms with van der Waals surface area (Å²) in [6, 6.07) is 2.37. The average molecular weight is 262 g/mol. The zero-order valence-corrected chi connectivity index (χ0v) is 11.6. The van der Waals surface area contributed by atoms with Gasteiger partial charge in [-0.25, -0.2) is 9.97 Å². The Morgan fingerprint density at radius 3 is 2.74 bits per heavy atom. The highest BCUT2D eigenvalue weighted by Crippen LogP contribution is 2.39. The van der Waals surface area contributed by atoms with E-state index in [1.54, 1.807) is 0 Å². The van der Waals surface area contributed by atoms with Crippen LogP contribution in [0.2, 0.25) is 0 Å². The van der Waals surface area contributed by atoms with Gasteiger partial charge < -0.3 is 15.4 Å². The predicted molar refractivity (Wildman–Crippen MR) is 75.4 cm³/mol. The number of hydrogen-bond donors (Lipinski definition) is 2. The molecule has 3 rings (SSSR count). The van der Waals surface area contributed by atoms with E-state index in [0.717, 1.165) is 42.8 Å². The van der Waals surface area contributed by atoms with E-state index in [4.69, 9.17) is 4.74 Å². The van der Waals surface area contributed by atoms with E-state index in [2.05, 4.69) is 27.5 Å². The first-order valence-corrected chi connectivity index (χ1v) is 7.24. The molecule has 1 saturated heterocycles. The van der Waals surface area contributed by atoms with Crippen LogP contribution in [0.4, 0.5) is 11.6 Å². The second-order valence-corrected chi connectivity index (χ2v) is 5.37. The Morgan fingerprint density at radius 1 is 1.26 bits per heavy atom. The molecule has 5 nitrogen and oxygen atoms in total. The molecule has 2 N–H and O–H groups in total. The van der Waals surface area contributed by atoms with Crippen molar-refractivity contribution in [3.8, 4) is 0 Å². The number of nitrogens with zero attached hydrogens (tertiary/aromatic N) is 2. The van der Waals surface area contributed by atoms with Crippen LogP contribution in [0, 0.1) is 5.92 Å². The van der Waals surface area contributed by atoms with E-state index < -0.39 is 0 Å². The Bertz CT molecular complexity index is 425. The molecule has 1 aromatic rings. The molecule has 1 aliphatic carbocycles. The zero-order chi connectivity index (χ0) is 13.2. The molecule has 2 atom stereocenters. The molecule has 2 unspecified atom stereocenters. The number of aromatic nitrogens is 2. The summed E-state index contributed by atoms with van der Waals surface area (Å²) in [5.41, 5.74) is 0. The third-order valence-electron chi connectivity index (χ3n) is 3.90. The van der Waals surface area contributed by atoms with Gasteiger partial charge in [0.15, 0.2) is 0 Å². The van der Waals surface area contributed by atoms with Gasteiger partial charge in [-0.1, -0.05) is 6.92 Å². The molecule has 2 heterocycles. The highest BCUT2D eigenvalue weighted by atomic mass is 16.5. The van der Waals surface area contributed by atoms with Crippen LogP contribution in [0.15, 0.2) is 6.07 Å². The Labute approximate surface area is 114 Å². The van der Waals surface area contributed by atoms with Gasteiger partial charge in [0, 0.05) is 26.1 Å². The summed E-state index contributed by atoms with van der Waals surface area (Å²) in [7, 11) is 1.89. The normalized spacial score (nSPS) is 26.4. The maximum absolute atomic E-state index is 5.85. The molecule has 0 radical (unpaired) electrons. The molecule has 104 valence electrons. The Balaban J connectivity index is 1.74. The maximum atomic E-state index is 5.85. The summed E-state index contributed by atoms with van der Waals surface area (Å²) in [5, 5.41) is 6.64. The number of anilines is 2. The maximum Gasteiger partial charge on any atom is 0.132 e. The zero-order valence-electron chi connectivity index (χ0n) is 11.6. The standard InChI is InChI=1S/C14H22N4O/c1-3-11-17-12(15-2)8-13(18-11)16-10-6-7-19-14(10)9-4-5-9/h8-10,14H,3-7H2,1-2H3,(H2,15,16,17,18). The molecule has 0 aromatic carbocycles. The van der Waals surface area contributed by atoms with Gasteiger partial charge in [-0.2, -0.15) is 0 Å². The summed E-state index contributed by atoms with van der Waals surface area (Å²) in [6.45, 7) is 2.94. The first-order valence-electron chi connectivity index (χ1n) is 7.24. The molecule has 1 saturated carbocycles. The van der Waals surface area contributed by atoms with Crippen molar-refractivity contribution in [2.75, 3.05) is 24.3 Å². The average Bonchev–Trinajstić information content (AvgIpc) is 3.19. The van der Waals surface area contributed by atoms with Crippen LogP contribution < -0.4 is 10.6 Å². The van der Waals surface area contributed by atoms with E-state index in [1.165, 1.54) is 12.8 Å². The van der Waals surface area contributed by atoms with Gasteiger partial charge >= 0.3 is 0 Å². The Hall–Kier alpha value is -1.36. The number of ether oxygens (including phenoxy) is 1. The Kier molecular flexibility index (Phi) is 3.55. The summed E-state index contributed by atoms with van der Waals surface area (Å²) >= 11 is 0. The van der Waals surface area contributed by atoms with Crippen LogP contribution in [0.3, 0.4) is 0 Å². The minimum absolute atomic E-state index is 0.373. The number of nitrogens with one attached hydrogen (secondary N) is 2. The van der Waals surface area contributed by atoms with Gasteiger partial charge in [-0.05, 0) is 25.2 Å². The van der Waals surface area contributed by atoms with E-state index in [0.29, 0.717) is 12.1 Å². The second kappa shape index (κ2) is 5.33. The molecular weight excluding hydrogens is 240 g/mol. The summed E-state index contributed by atoms with van der Waals surface area (Å²) in [4.78, 5) is 8.98. The van der Waals surface area contributed by atoms with Crippen LogP contribution in [-0.4, -0.2) is 35.8 Å². The lowest BCUT2D eigenvalue weighted by Gasteiger charge is -2.20. The summed E-state index contributed by atoms with van der Waals surface area (Å²) in [5.74, 6) is 3.42. The SMILES string of the molecule is CCc1nc(NC)cc(NC2CCOC2C2CC2)n1. The van der Waals surface area contributed by atoms with Crippen LogP contribution in [0.25, 0.3) is 0 Å². The smallest absolute Gasteiger partial charge is 0.132 e. The molecular formula is C14H22N4O. The third kappa shape index (κ3) is 2.81. The van der Waals surface area contributed by atoms with Crippen LogP contribution in [0.1, 0.15) is 32.0 Å². The van der Waals surface area contributed by atoms with Crippen molar-refractivity contribution in [1.82, 2.24) is 9.97 Å². The van der Waals surface area contributed by atoms with Crippen molar-refractivity contribution < 1.29 is 4.74 Å². The van der Waals surface area contributed by atoms with Crippen LogP contribution in [-0.2, 0) is 11.2 Å². The summed E-state index contributed by atoms with van der Waals surface area (Å²) < 4.78 is 5.85. The van der Waals surface area contributed by atoms with E-state index in [-0.39, 0.29) is 0 Å². The molecule has 0 amide bonds. The van der Waals surface area contributed by atoms with Gasteiger partial charge in [0.2, 0.25) is 0 Å². The molecule has 1 aliphatic heterocycles. The van der Waals surface area contributed by atoms with Gasteiger partial charge in [-0.3, -0.25) is 0 Å². The molecule has 2 fully saturated rings. The quantitative estimate of drug-likeness (QED) is 0.850. The van der Waals surface area contributed by atoms with Crippen LogP contribution in [0.5, 0.6) is 0 Å². The van der Waals surface area contributed by atoms with E-state index in [9.17, 15) is 0 Å². The van der Waals surface area contributed by atoms with Gasteiger partial charge in [0.25, 0.3) is 0 Å². The molecule has 0 spiro atoms. The van der Waals surface area contributed by atoms with Gasteiger partial charge in [-0.15, -0.1) is 0 Å². The predicted octanol–water partition coefficient (Wildman–Crippen LogP) is 2.06. The lowest BCUT2D eigenvalue weighted by atomic mass is 10.1. The lowest BCUT2D eigenvalue weighted by Crippen LogP contribution is -2.31. The number of hydrogen-bond acceptors (Lipinski definition) is 5. The topological polar surface area (TPSA) is 59.1 Å². The fourth-order valence-corrected chi connectivity index (χ4v) is 2.70. The van der Waals surface area contributed by atoms with Gasteiger partial charge in [0.05, 0.1) is 12.1 Å². The molecule has 5 heteroatoms. The molecule has 2 aliphatic rings. The molecule has 0 bridgehead atoms. The highest BCUT2D eigenvalue weighted by Gasteiger charge is 2.40. The fourth-order valence-electron chi connectivity index (χ4n) is 2.70. The highest BCUT2D eigenvalue weighted by molar-refractivity contribution is 5.48. The monoisotopic (exact) mass is 262 g/mol. The van der Waals surface area contributed by atoms with Crippen molar-refractivity contribution >= 4 is 11.6 Å². The van der Waals surface area contributed by atoms with Gasteiger partial charge in [0.1, 0.15) is 17.5 Å². The number of aryl methyl sites for hydroxylation is 1. The van der Waals surface area contributed by atoms with E-state index >= 15 is 0 Å². The first kappa shape index (κ1) is 12.7. The van der Waals surface area contributed by atoms with Crippen molar-refractivity contribution in [2.45, 2.75) is 44.8 Å². The first-order chi connectivity index (χ1) is 9.30. The van der Waals surface area contributed by atoms with Crippen LogP contribution >= 0.6 is 0 Å².